The summed E-state index contributed by atoms with van der Waals surface area (Å²) < 4.78 is 12.4. The van der Waals surface area contributed by atoms with E-state index in [9.17, 15) is 4.79 Å². The molecule has 0 atom stereocenters. The fraction of sp³-hybridized carbons (Fsp3) is 0.240. The number of carbonyl (C=O) groups is 1. The number of nitrogens with one attached hydrogen (secondary N) is 1. The third-order valence-electron chi connectivity index (χ3n) is 5.87. The molecule has 1 N–H and O–H groups in total. The van der Waals surface area contributed by atoms with Crippen molar-refractivity contribution in [1.82, 2.24) is 14.6 Å². The number of ether oxygens (including phenoxy) is 2. The number of aromatic nitrogens is 3. The van der Waals surface area contributed by atoms with Crippen LogP contribution in [0.25, 0.3) is 16.9 Å². The van der Waals surface area contributed by atoms with E-state index in [1.54, 1.807) is 31.0 Å². The molecule has 0 spiro atoms. The van der Waals surface area contributed by atoms with Gasteiger partial charge >= 0.3 is 0 Å². The van der Waals surface area contributed by atoms with E-state index >= 15 is 0 Å². The van der Waals surface area contributed by atoms with Gasteiger partial charge in [0.25, 0.3) is 5.91 Å². The predicted octanol–water partition coefficient (Wildman–Crippen LogP) is 4.27. The van der Waals surface area contributed by atoms with Crippen LogP contribution in [0.2, 0.25) is 0 Å². The molecule has 168 valence electrons. The minimum atomic E-state index is -0.285. The van der Waals surface area contributed by atoms with Crippen LogP contribution in [0.3, 0.4) is 0 Å². The normalized spacial score (nSPS) is 13.3. The van der Waals surface area contributed by atoms with E-state index in [4.69, 9.17) is 9.47 Å². The van der Waals surface area contributed by atoms with Crippen molar-refractivity contribution >= 4 is 22.9 Å². The Balaban J connectivity index is 1.40. The second kappa shape index (κ2) is 8.82. The Morgan fingerprint density at radius 3 is 2.42 bits per heavy atom. The third kappa shape index (κ3) is 4.07. The molecule has 2 aromatic carbocycles. The molecule has 1 aliphatic heterocycles. The van der Waals surface area contributed by atoms with Crippen LogP contribution in [0, 0.1) is 0 Å². The number of methoxy groups -OCH3 is 2. The largest absolute Gasteiger partial charge is 0.493 e. The average molecular weight is 444 g/mol. The van der Waals surface area contributed by atoms with E-state index in [1.807, 2.05) is 48.5 Å². The Hall–Kier alpha value is -4.07. The smallest absolute Gasteiger partial charge is 0.276 e. The summed E-state index contributed by atoms with van der Waals surface area (Å²) in [7, 11) is 3.19. The zero-order valence-corrected chi connectivity index (χ0v) is 18.6. The standard InChI is InChI=1S/C25H25N5O3/c1-32-22-10-5-17(15-23(22)33-2)21-11-12-26-24-16-20(28-30(21)24)25(31)27-18-6-8-19(9-7-18)29-13-3-4-14-29/h5-12,15-16H,3-4,13-14H2,1-2H3,(H,27,31). The van der Waals surface area contributed by atoms with Crippen molar-refractivity contribution < 1.29 is 14.3 Å². The first-order chi connectivity index (χ1) is 16.2. The van der Waals surface area contributed by atoms with Gasteiger partial charge in [0.2, 0.25) is 0 Å². The van der Waals surface area contributed by atoms with Crippen molar-refractivity contribution in [3.05, 3.63) is 66.5 Å². The Bertz CT molecular complexity index is 1290. The number of hydrogen-bond acceptors (Lipinski definition) is 6. The van der Waals surface area contributed by atoms with Gasteiger partial charge in [0.1, 0.15) is 0 Å². The summed E-state index contributed by atoms with van der Waals surface area (Å²) in [5.41, 5.74) is 4.44. The number of benzene rings is 2. The van der Waals surface area contributed by atoms with Gasteiger partial charge in [-0.2, -0.15) is 5.10 Å². The molecular weight excluding hydrogens is 418 g/mol. The zero-order valence-electron chi connectivity index (χ0n) is 18.6. The molecule has 5 rings (SSSR count). The van der Waals surface area contributed by atoms with Crippen LogP contribution in [0.15, 0.2) is 60.8 Å². The zero-order chi connectivity index (χ0) is 22.8. The van der Waals surface area contributed by atoms with Gasteiger partial charge in [0.05, 0.1) is 19.9 Å². The van der Waals surface area contributed by atoms with Gasteiger partial charge in [-0.05, 0) is 61.4 Å². The molecule has 1 fully saturated rings. The highest BCUT2D eigenvalue weighted by atomic mass is 16.5. The number of hydrogen-bond donors (Lipinski definition) is 1. The van der Waals surface area contributed by atoms with Gasteiger partial charge in [0, 0.05) is 42.3 Å². The fourth-order valence-electron chi connectivity index (χ4n) is 4.15. The summed E-state index contributed by atoms with van der Waals surface area (Å²) in [6.07, 6.45) is 4.15. The van der Waals surface area contributed by atoms with Crippen LogP contribution < -0.4 is 19.7 Å². The quantitative estimate of drug-likeness (QED) is 0.479. The van der Waals surface area contributed by atoms with Gasteiger partial charge in [-0.25, -0.2) is 9.50 Å². The van der Waals surface area contributed by atoms with E-state index in [1.165, 1.54) is 18.5 Å². The van der Waals surface area contributed by atoms with E-state index in [-0.39, 0.29) is 5.91 Å². The van der Waals surface area contributed by atoms with E-state index in [0.29, 0.717) is 22.8 Å². The van der Waals surface area contributed by atoms with E-state index in [0.717, 1.165) is 30.0 Å². The first-order valence-corrected chi connectivity index (χ1v) is 10.9. The maximum atomic E-state index is 12.9. The number of anilines is 2. The monoisotopic (exact) mass is 443 g/mol. The molecule has 33 heavy (non-hydrogen) atoms. The SMILES string of the molecule is COc1ccc(-c2ccnc3cc(C(=O)Nc4ccc(N5CCCC5)cc4)nn23)cc1OC. The summed E-state index contributed by atoms with van der Waals surface area (Å²) in [4.78, 5) is 19.6. The maximum Gasteiger partial charge on any atom is 0.276 e. The van der Waals surface area contributed by atoms with Crippen LogP contribution in [0.1, 0.15) is 23.3 Å². The topological polar surface area (TPSA) is 81.0 Å². The molecular formula is C25H25N5O3. The van der Waals surface area contributed by atoms with Crippen LogP contribution >= 0.6 is 0 Å². The summed E-state index contributed by atoms with van der Waals surface area (Å²) in [5.74, 6) is 0.970. The molecule has 8 heteroatoms. The van der Waals surface area contributed by atoms with Crippen LogP contribution in [-0.4, -0.2) is 47.8 Å². The van der Waals surface area contributed by atoms with Crippen molar-refractivity contribution in [3.8, 4) is 22.8 Å². The Labute approximate surface area is 191 Å². The Morgan fingerprint density at radius 1 is 0.939 bits per heavy atom. The number of carbonyl (C=O) groups excluding carboxylic acids is 1. The summed E-state index contributed by atoms with van der Waals surface area (Å²) in [6.45, 7) is 2.17. The lowest BCUT2D eigenvalue weighted by molar-refractivity contribution is 0.102. The Kier molecular flexibility index (Phi) is 5.56. The van der Waals surface area contributed by atoms with Crippen LogP contribution in [0.5, 0.6) is 11.5 Å². The van der Waals surface area contributed by atoms with Gasteiger partial charge < -0.3 is 19.7 Å². The van der Waals surface area contributed by atoms with Gasteiger partial charge in [0.15, 0.2) is 22.8 Å². The van der Waals surface area contributed by atoms with Gasteiger partial charge in [-0.1, -0.05) is 0 Å². The molecule has 0 bridgehead atoms. The van der Waals surface area contributed by atoms with Crippen LogP contribution in [-0.2, 0) is 0 Å². The highest BCUT2D eigenvalue weighted by Crippen LogP contribution is 2.32. The number of amides is 1. The van der Waals surface area contributed by atoms with Crippen molar-refractivity contribution in [2.24, 2.45) is 0 Å². The molecule has 1 amide bonds. The van der Waals surface area contributed by atoms with E-state index < -0.39 is 0 Å². The third-order valence-corrected chi connectivity index (χ3v) is 5.87. The summed E-state index contributed by atoms with van der Waals surface area (Å²) in [6, 6.07) is 17.1. The number of fused-ring (bicyclic) bond motifs is 1. The summed E-state index contributed by atoms with van der Waals surface area (Å²) >= 11 is 0. The summed E-state index contributed by atoms with van der Waals surface area (Å²) in [5, 5.41) is 7.46. The minimum absolute atomic E-state index is 0.285. The fourth-order valence-corrected chi connectivity index (χ4v) is 4.15. The van der Waals surface area contributed by atoms with Crippen molar-refractivity contribution in [2.75, 3.05) is 37.5 Å². The number of rotatable bonds is 6. The lowest BCUT2D eigenvalue weighted by Gasteiger charge is -2.17. The highest BCUT2D eigenvalue weighted by Gasteiger charge is 2.16. The molecule has 0 unspecified atom stereocenters. The van der Waals surface area contributed by atoms with Crippen molar-refractivity contribution in [3.63, 3.8) is 0 Å². The molecule has 0 radical (unpaired) electrons. The lowest BCUT2D eigenvalue weighted by Crippen LogP contribution is -2.17. The van der Waals surface area contributed by atoms with Crippen molar-refractivity contribution in [2.45, 2.75) is 12.8 Å². The maximum absolute atomic E-state index is 12.9. The molecule has 1 aliphatic rings. The Morgan fingerprint density at radius 2 is 1.70 bits per heavy atom. The lowest BCUT2D eigenvalue weighted by atomic mass is 10.1. The molecule has 3 heterocycles. The predicted molar refractivity (Wildman–Crippen MR) is 127 cm³/mol. The minimum Gasteiger partial charge on any atom is -0.493 e. The van der Waals surface area contributed by atoms with Crippen LogP contribution in [0.4, 0.5) is 11.4 Å². The van der Waals surface area contributed by atoms with Gasteiger partial charge in [-0.15, -0.1) is 0 Å². The second-order valence-corrected chi connectivity index (χ2v) is 7.89. The molecule has 0 aliphatic carbocycles. The highest BCUT2D eigenvalue weighted by molar-refractivity contribution is 6.03. The second-order valence-electron chi connectivity index (χ2n) is 7.89. The van der Waals surface area contributed by atoms with E-state index in [2.05, 4.69) is 20.3 Å². The molecule has 0 saturated carbocycles. The molecule has 8 nitrogen and oxygen atoms in total. The average Bonchev–Trinajstić information content (AvgIpc) is 3.54. The van der Waals surface area contributed by atoms with Crippen molar-refractivity contribution in [1.29, 1.82) is 0 Å². The first kappa shape index (κ1) is 20.8. The molecule has 4 aromatic rings. The molecule has 2 aromatic heterocycles. The number of nitrogens with zero attached hydrogens (tertiary/aromatic N) is 4. The first-order valence-electron chi connectivity index (χ1n) is 10.9. The van der Waals surface area contributed by atoms with Gasteiger partial charge in [-0.3, -0.25) is 4.79 Å². The molecule has 1 saturated heterocycles.